The van der Waals surface area contributed by atoms with E-state index in [2.05, 4.69) is 88.9 Å². The fraction of sp³-hybridized carbons (Fsp3) is 0.341. The van der Waals surface area contributed by atoms with Crippen LogP contribution in [0.3, 0.4) is 0 Å². The van der Waals surface area contributed by atoms with Crippen molar-refractivity contribution in [3.63, 3.8) is 0 Å². The van der Waals surface area contributed by atoms with Crippen LogP contribution in [-0.2, 0) is 17.9 Å². The summed E-state index contributed by atoms with van der Waals surface area (Å²) < 4.78 is 0. The number of hydrogen-bond donors (Lipinski definition) is 4. The number of aliphatic hydroxyl groups excluding tert-OH is 1. The maximum absolute atomic E-state index is 11.5. The molecule has 4 aromatic heterocycles. The molecule has 5 aromatic rings. The molecule has 8 rings (SSSR count). The molecule has 0 amide bonds. The Kier molecular flexibility index (Phi) is 9.16. The first-order valence-electron chi connectivity index (χ1n) is 18.1. The van der Waals surface area contributed by atoms with Gasteiger partial charge in [-0.2, -0.15) is 0 Å². The first-order chi connectivity index (χ1) is 25.2. The van der Waals surface area contributed by atoms with Crippen LogP contribution in [-0.4, -0.2) is 83.9 Å². The van der Waals surface area contributed by atoms with E-state index in [0.717, 1.165) is 59.0 Å². The van der Waals surface area contributed by atoms with Crippen LogP contribution in [0, 0.1) is 18.8 Å². The number of hydrogen-bond acceptors (Lipinski definition) is 10. The van der Waals surface area contributed by atoms with Crippen molar-refractivity contribution < 1.29 is 15.0 Å². The molecule has 2 aliphatic heterocycles. The Labute approximate surface area is 303 Å². The van der Waals surface area contributed by atoms with E-state index >= 15 is 0 Å². The zero-order valence-electron chi connectivity index (χ0n) is 29.5. The molecular formula is C41H44N8O3. The van der Waals surface area contributed by atoms with Gasteiger partial charge in [0.2, 0.25) is 0 Å². The first-order valence-corrected chi connectivity index (χ1v) is 18.1. The number of allylic oxidation sites excluding steroid dienone is 2. The lowest BCUT2D eigenvalue weighted by molar-refractivity contribution is -0.141. The van der Waals surface area contributed by atoms with Crippen LogP contribution in [0.1, 0.15) is 42.0 Å². The highest BCUT2D eigenvalue weighted by Crippen LogP contribution is 2.41. The van der Waals surface area contributed by atoms with Gasteiger partial charge < -0.3 is 20.8 Å². The van der Waals surface area contributed by atoms with Crippen LogP contribution in [0.15, 0.2) is 91.5 Å². The molecule has 4 N–H and O–H groups in total. The molecule has 0 bridgehead atoms. The number of aliphatic hydroxyl groups is 1. The number of benzene rings is 1. The predicted octanol–water partition coefficient (Wildman–Crippen LogP) is 5.86. The van der Waals surface area contributed by atoms with Crippen molar-refractivity contribution in [1.29, 1.82) is 0 Å². The summed E-state index contributed by atoms with van der Waals surface area (Å²) in [5.41, 5.74) is 6.30. The summed E-state index contributed by atoms with van der Waals surface area (Å²) in [5.74, 6) is 0.143. The van der Waals surface area contributed by atoms with Gasteiger partial charge in [0.05, 0.1) is 12.0 Å². The zero-order valence-corrected chi connectivity index (χ0v) is 29.5. The van der Waals surface area contributed by atoms with Crippen molar-refractivity contribution in [2.75, 3.05) is 36.8 Å². The minimum Gasteiger partial charge on any atom is -0.481 e. The average Bonchev–Trinajstić information content (AvgIpc) is 3.78. The average molecular weight is 697 g/mol. The Morgan fingerprint density at radius 1 is 0.865 bits per heavy atom. The van der Waals surface area contributed by atoms with Gasteiger partial charge in [0.15, 0.2) is 11.6 Å². The third-order valence-corrected chi connectivity index (χ3v) is 10.9. The Hall–Kier alpha value is -5.23. The van der Waals surface area contributed by atoms with Gasteiger partial charge in [0, 0.05) is 74.2 Å². The van der Waals surface area contributed by atoms with Gasteiger partial charge in [-0.05, 0) is 84.5 Å². The molecule has 266 valence electrons. The number of fused-ring (bicyclic) bond motifs is 2. The first kappa shape index (κ1) is 33.9. The van der Waals surface area contributed by atoms with Crippen molar-refractivity contribution in [3.8, 4) is 0 Å². The van der Waals surface area contributed by atoms with Gasteiger partial charge in [0.1, 0.15) is 16.7 Å². The number of carboxylic acids is 1. The molecule has 1 aliphatic carbocycles. The molecule has 1 aromatic carbocycles. The van der Waals surface area contributed by atoms with Crippen molar-refractivity contribution in [2.45, 2.75) is 51.5 Å². The Morgan fingerprint density at radius 3 is 2.06 bits per heavy atom. The summed E-state index contributed by atoms with van der Waals surface area (Å²) in [4.78, 5) is 35.5. The molecule has 2 fully saturated rings. The number of β-amino-alcohol motifs (C(OH)–C–C–N with tert-alkyl or cyclic N) is 1. The standard InChI is InChI=1S/C41H44N8O3/c1-26-6-3-4-7-34(26)35-8-5-13-41(27(35)2,47-39-37-31(10-15-43-39)19-29(21-45-37)23-49-17-12-33(50)25-49)46-38-36-30(9-14-42-38)18-28(20-44-36)22-48-16-11-32(24-48)40(51)52/h3-10,13-15,18-21,27,32-33,50H,11-12,16-17,22-25H2,1-2H3,(H,42,46)(H,43,47)(H,51,52)/t27?,32-,33-,41?/m1/s1. The molecule has 3 aliphatic rings. The van der Waals surface area contributed by atoms with Crippen molar-refractivity contribution >= 4 is 45.0 Å². The van der Waals surface area contributed by atoms with Gasteiger partial charge in [0.25, 0.3) is 0 Å². The van der Waals surface area contributed by atoms with Crippen molar-refractivity contribution in [1.82, 2.24) is 29.7 Å². The number of carboxylic acid groups (broad SMARTS) is 1. The Balaban J connectivity index is 1.14. The fourth-order valence-corrected chi connectivity index (χ4v) is 8.00. The summed E-state index contributed by atoms with van der Waals surface area (Å²) in [6.07, 6.45) is 15.0. The molecule has 52 heavy (non-hydrogen) atoms. The Bertz CT molecular complexity index is 2200. The SMILES string of the molecule is Cc1ccccc1C1=CC=CC(Nc2nccc3cc(CN4CC[C@@H](O)C4)cnc23)(Nc2nccc3cc(CN4CC[C@@H](C(=O)O)C4)cnc23)C1C. The van der Waals surface area contributed by atoms with E-state index in [-0.39, 0.29) is 17.9 Å². The van der Waals surface area contributed by atoms with Gasteiger partial charge in [-0.25, -0.2) is 9.97 Å². The highest BCUT2D eigenvalue weighted by atomic mass is 16.4. The second-order valence-corrected chi connectivity index (χ2v) is 14.5. The van der Waals surface area contributed by atoms with Crippen LogP contribution in [0.2, 0.25) is 0 Å². The van der Waals surface area contributed by atoms with Crippen LogP contribution in [0.25, 0.3) is 27.4 Å². The van der Waals surface area contributed by atoms with E-state index in [4.69, 9.17) is 19.9 Å². The highest BCUT2D eigenvalue weighted by molar-refractivity contribution is 5.91. The molecule has 11 heteroatoms. The normalized spacial score (nSPS) is 23.7. The molecule has 2 saturated heterocycles. The largest absolute Gasteiger partial charge is 0.481 e. The maximum Gasteiger partial charge on any atom is 0.307 e. The van der Waals surface area contributed by atoms with Crippen LogP contribution < -0.4 is 10.6 Å². The van der Waals surface area contributed by atoms with Gasteiger partial charge in [-0.1, -0.05) is 43.3 Å². The summed E-state index contributed by atoms with van der Waals surface area (Å²) in [6, 6.07) is 16.7. The molecule has 0 radical (unpaired) electrons. The number of anilines is 2. The lowest BCUT2D eigenvalue weighted by atomic mass is 9.78. The molecule has 0 spiro atoms. The monoisotopic (exact) mass is 696 g/mol. The summed E-state index contributed by atoms with van der Waals surface area (Å²) >= 11 is 0. The molecule has 6 heterocycles. The Morgan fingerprint density at radius 2 is 1.48 bits per heavy atom. The zero-order chi connectivity index (χ0) is 35.8. The highest BCUT2D eigenvalue weighted by Gasteiger charge is 2.40. The fourth-order valence-electron chi connectivity index (χ4n) is 8.00. The minimum atomic E-state index is -0.872. The van der Waals surface area contributed by atoms with E-state index in [1.807, 2.05) is 30.7 Å². The molecular weight excluding hydrogens is 653 g/mol. The second-order valence-electron chi connectivity index (χ2n) is 14.5. The third kappa shape index (κ3) is 6.74. The topological polar surface area (TPSA) is 140 Å². The lowest BCUT2D eigenvalue weighted by Gasteiger charge is -2.42. The van der Waals surface area contributed by atoms with Gasteiger partial charge >= 0.3 is 5.97 Å². The molecule has 4 atom stereocenters. The van der Waals surface area contributed by atoms with Crippen LogP contribution in [0.4, 0.5) is 11.6 Å². The smallest absolute Gasteiger partial charge is 0.307 e. The summed E-state index contributed by atoms with van der Waals surface area (Å²) in [7, 11) is 0. The van der Waals surface area contributed by atoms with Crippen LogP contribution >= 0.6 is 0 Å². The number of pyridine rings is 4. The van der Waals surface area contributed by atoms with E-state index in [9.17, 15) is 15.0 Å². The summed E-state index contributed by atoms with van der Waals surface area (Å²) in [6.45, 7) is 8.60. The van der Waals surface area contributed by atoms with Crippen molar-refractivity contribution in [3.05, 3.63) is 114 Å². The maximum atomic E-state index is 11.5. The number of likely N-dealkylation sites (tertiary alicyclic amines) is 2. The number of aryl methyl sites for hydroxylation is 1. The van der Waals surface area contributed by atoms with Gasteiger partial charge in [-0.3, -0.25) is 24.6 Å². The predicted molar refractivity (Wildman–Crippen MR) is 203 cm³/mol. The summed E-state index contributed by atoms with van der Waals surface area (Å²) in [5, 5.41) is 29.0. The second kappa shape index (κ2) is 14.1. The molecule has 0 saturated carbocycles. The number of rotatable bonds is 10. The number of carbonyl (C=O) groups is 1. The van der Waals surface area contributed by atoms with E-state index in [1.54, 1.807) is 6.20 Å². The van der Waals surface area contributed by atoms with Crippen molar-refractivity contribution in [2.24, 2.45) is 11.8 Å². The van der Waals surface area contributed by atoms with Gasteiger partial charge in [-0.15, -0.1) is 0 Å². The number of aliphatic carboxylic acids is 1. The lowest BCUT2D eigenvalue weighted by Crippen LogP contribution is -2.51. The van der Waals surface area contributed by atoms with E-state index < -0.39 is 11.6 Å². The molecule has 2 unspecified atom stereocenters. The molecule has 11 nitrogen and oxygen atoms in total. The quantitative estimate of drug-likeness (QED) is 0.131. The minimum absolute atomic E-state index is 0.0924. The van der Waals surface area contributed by atoms with E-state index in [1.165, 1.54) is 16.7 Å². The van der Waals surface area contributed by atoms with E-state index in [0.29, 0.717) is 37.7 Å². The number of aromatic nitrogens is 4. The van der Waals surface area contributed by atoms with Crippen LogP contribution in [0.5, 0.6) is 0 Å². The number of nitrogens with one attached hydrogen (secondary N) is 2. The third-order valence-electron chi connectivity index (χ3n) is 10.9. The number of nitrogens with zero attached hydrogens (tertiary/aromatic N) is 6.